The van der Waals surface area contributed by atoms with Crippen molar-refractivity contribution in [1.82, 2.24) is 0 Å². The van der Waals surface area contributed by atoms with Crippen LogP contribution in [0.4, 0.5) is 0 Å². The molecule has 0 radical (unpaired) electrons. The second-order valence-electron chi connectivity index (χ2n) is 15.1. The summed E-state index contributed by atoms with van der Waals surface area (Å²) in [5, 5.41) is 10.6. The second-order valence-corrected chi connectivity index (χ2v) is 15.1. The number of Topliss-reactive ketones (excluding diaryl/α,β-unsaturated/α-hetero) is 1. The first-order valence-corrected chi connectivity index (χ1v) is 14.0. The van der Waals surface area contributed by atoms with E-state index in [-0.39, 0.29) is 22.5 Å². The van der Waals surface area contributed by atoms with Crippen LogP contribution in [0.3, 0.4) is 0 Å². The van der Waals surface area contributed by atoms with E-state index in [1.807, 2.05) is 13.8 Å². The highest BCUT2D eigenvalue weighted by molar-refractivity contribution is 5.85. The zero-order chi connectivity index (χ0) is 24.2. The number of carbonyl (C=O) groups excluding carboxylic acids is 1. The molecule has 0 unspecified atom stereocenters. The van der Waals surface area contributed by atoms with E-state index in [1.54, 1.807) is 0 Å². The summed E-state index contributed by atoms with van der Waals surface area (Å²) in [6.07, 6.45) is 11.6. The molecule has 3 heteroatoms. The summed E-state index contributed by atoms with van der Waals surface area (Å²) in [5.74, 6) is 3.06. The minimum absolute atomic E-state index is 0.0439. The Bertz CT molecular complexity index is 825. The highest BCUT2D eigenvalue weighted by Gasteiger charge is 2.70. The third kappa shape index (κ3) is 3.09. The lowest BCUT2D eigenvalue weighted by atomic mass is 9.35. The van der Waals surface area contributed by atoms with Crippen molar-refractivity contribution >= 4 is 5.78 Å². The van der Waals surface area contributed by atoms with Crippen LogP contribution in [0.25, 0.3) is 0 Å². The van der Waals surface area contributed by atoms with Gasteiger partial charge in [-0.3, -0.25) is 4.79 Å². The van der Waals surface area contributed by atoms with Crippen LogP contribution in [-0.4, -0.2) is 28.2 Å². The molecule has 188 valence electrons. The Hall–Kier alpha value is -0.410. The van der Waals surface area contributed by atoms with E-state index in [4.69, 9.17) is 4.74 Å². The molecule has 0 aromatic carbocycles. The van der Waals surface area contributed by atoms with E-state index >= 15 is 0 Å². The monoisotopic (exact) mass is 458 g/mol. The number of ketones is 1. The van der Waals surface area contributed by atoms with Crippen molar-refractivity contribution in [2.75, 3.05) is 0 Å². The first-order chi connectivity index (χ1) is 15.1. The predicted octanol–water partition coefficient (Wildman–Crippen LogP) is 6.95. The van der Waals surface area contributed by atoms with Crippen LogP contribution in [0.1, 0.15) is 120 Å². The zero-order valence-corrected chi connectivity index (χ0v) is 22.7. The van der Waals surface area contributed by atoms with Gasteiger partial charge in [0.05, 0.1) is 17.3 Å². The van der Waals surface area contributed by atoms with Crippen LogP contribution in [0.2, 0.25) is 0 Å². The molecule has 4 aliphatic carbocycles. The maximum atomic E-state index is 12.9. The molecule has 1 aliphatic heterocycles. The van der Waals surface area contributed by atoms with Gasteiger partial charge in [-0.05, 0) is 118 Å². The number of aliphatic hydroxyl groups is 1. The van der Waals surface area contributed by atoms with E-state index in [9.17, 15) is 9.90 Å². The average Bonchev–Trinajstić information content (AvgIpc) is 3.27. The molecule has 0 aromatic heterocycles. The number of ether oxygens (including phenoxy) is 1. The zero-order valence-electron chi connectivity index (χ0n) is 22.7. The molecule has 0 bridgehead atoms. The first kappa shape index (κ1) is 24.3. The van der Waals surface area contributed by atoms with E-state index in [0.29, 0.717) is 34.4 Å². The van der Waals surface area contributed by atoms with Crippen molar-refractivity contribution in [3.63, 3.8) is 0 Å². The molecule has 33 heavy (non-hydrogen) atoms. The molecule has 0 spiro atoms. The van der Waals surface area contributed by atoms with Gasteiger partial charge in [0.1, 0.15) is 5.78 Å². The van der Waals surface area contributed by atoms with Gasteiger partial charge in [0.15, 0.2) is 0 Å². The van der Waals surface area contributed by atoms with Crippen LogP contribution in [-0.2, 0) is 9.53 Å². The van der Waals surface area contributed by atoms with Gasteiger partial charge in [0.25, 0.3) is 0 Å². The summed E-state index contributed by atoms with van der Waals surface area (Å²) in [7, 11) is 0. The lowest BCUT2D eigenvalue weighted by Gasteiger charge is -2.69. The van der Waals surface area contributed by atoms with Crippen molar-refractivity contribution < 1.29 is 14.6 Å². The minimum Gasteiger partial charge on any atom is -0.388 e. The normalized spacial score (nSPS) is 54.0. The predicted molar refractivity (Wildman–Crippen MR) is 133 cm³/mol. The minimum atomic E-state index is -0.762. The molecule has 1 N–H and O–H groups in total. The smallest absolute Gasteiger partial charge is 0.138 e. The molecule has 5 aliphatic rings. The Morgan fingerprint density at radius 1 is 0.788 bits per heavy atom. The Morgan fingerprint density at radius 3 is 2.09 bits per heavy atom. The third-order valence-electron chi connectivity index (χ3n) is 13.0. The van der Waals surface area contributed by atoms with Gasteiger partial charge in [0.2, 0.25) is 0 Å². The summed E-state index contributed by atoms with van der Waals surface area (Å²) < 4.78 is 6.72. The summed E-state index contributed by atoms with van der Waals surface area (Å²) in [4.78, 5) is 12.9. The molecule has 1 saturated heterocycles. The Balaban J connectivity index is 1.45. The molecule has 5 fully saturated rings. The number of hydrogen-bond donors (Lipinski definition) is 1. The van der Waals surface area contributed by atoms with Crippen LogP contribution in [0.5, 0.6) is 0 Å². The van der Waals surface area contributed by atoms with E-state index in [0.717, 1.165) is 31.6 Å². The van der Waals surface area contributed by atoms with Crippen LogP contribution in [0, 0.1) is 45.3 Å². The van der Waals surface area contributed by atoms with Gasteiger partial charge >= 0.3 is 0 Å². The number of carbonyl (C=O) groups is 1. The van der Waals surface area contributed by atoms with Crippen molar-refractivity contribution in [3.05, 3.63) is 0 Å². The van der Waals surface area contributed by atoms with Crippen molar-refractivity contribution in [1.29, 1.82) is 0 Å². The molecular weight excluding hydrogens is 408 g/mol. The maximum absolute atomic E-state index is 12.9. The SMILES string of the molecule is CC(C)(O)[C@H]1CC[C@@](C)([C@H]2CC[C@@]3(C)[C@@H]2CC[C@H]2[C@]4(C)CCC(=O)C(C)(C)[C@H]4CC[C@@]23C)O1. The highest BCUT2D eigenvalue weighted by Crippen LogP contribution is 2.75. The quantitative estimate of drug-likeness (QED) is 0.487. The standard InChI is InChI=1S/C30H50O3/c1-25(2)21-12-17-29(7)22(27(21,5)15-13-23(25)31)10-9-19-20(11-16-28(19,29)6)30(8)18-14-24(33-30)26(3,4)32/h19-22,24,32H,9-18H2,1-8H3/t19-,20+,21-,22+,24-,27-,28+,29+,30+/m1/s1. The molecule has 1 heterocycles. The van der Waals surface area contributed by atoms with E-state index in [1.165, 1.54) is 38.5 Å². The first-order valence-electron chi connectivity index (χ1n) is 14.0. The molecule has 9 atom stereocenters. The fourth-order valence-corrected chi connectivity index (χ4v) is 10.9. The van der Waals surface area contributed by atoms with Crippen LogP contribution >= 0.6 is 0 Å². The molecule has 4 saturated carbocycles. The van der Waals surface area contributed by atoms with Gasteiger partial charge in [-0.2, -0.15) is 0 Å². The highest BCUT2D eigenvalue weighted by atomic mass is 16.5. The fourth-order valence-electron chi connectivity index (χ4n) is 10.9. The van der Waals surface area contributed by atoms with Crippen molar-refractivity contribution in [2.45, 2.75) is 137 Å². The molecule has 3 nitrogen and oxygen atoms in total. The Kier molecular flexibility index (Phi) is 5.22. The van der Waals surface area contributed by atoms with Gasteiger partial charge in [-0.25, -0.2) is 0 Å². The van der Waals surface area contributed by atoms with Crippen molar-refractivity contribution in [3.8, 4) is 0 Å². The lowest BCUT2D eigenvalue weighted by Crippen LogP contribution is -2.63. The summed E-state index contributed by atoms with van der Waals surface area (Å²) in [6, 6.07) is 0. The van der Waals surface area contributed by atoms with E-state index < -0.39 is 5.60 Å². The number of fused-ring (bicyclic) bond motifs is 5. The largest absolute Gasteiger partial charge is 0.388 e. The molecule has 0 amide bonds. The molecule has 0 aromatic rings. The van der Waals surface area contributed by atoms with Gasteiger partial charge < -0.3 is 9.84 Å². The fraction of sp³-hybridized carbons (Fsp3) is 0.967. The topological polar surface area (TPSA) is 46.5 Å². The summed E-state index contributed by atoms with van der Waals surface area (Å²) in [6.45, 7) is 18.5. The van der Waals surface area contributed by atoms with Crippen LogP contribution in [0.15, 0.2) is 0 Å². The average molecular weight is 459 g/mol. The molecular formula is C30H50O3. The lowest BCUT2D eigenvalue weighted by molar-refractivity contribution is -0.210. The Morgan fingerprint density at radius 2 is 1.45 bits per heavy atom. The summed E-state index contributed by atoms with van der Waals surface area (Å²) >= 11 is 0. The van der Waals surface area contributed by atoms with Gasteiger partial charge in [0, 0.05) is 11.8 Å². The third-order valence-corrected chi connectivity index (χ3v) is 13.0. The van der Waals surface area contributed by atoms with Gasteiger partial charge in [-0.15, -0.1) is 0 Å². The summed E-state index contributed by atoms with van der Waals surface area (Å²) in [5.41, 5.74) is -0.0493. The maximum Gasteiger partial charge on any atom is 0.138 e. The Labute approximate surface area is 202 Å². The second kappa shape index (κ2) is 7.09. The van der Waals surface area contributed by atoms with Gasteiger partial charge in [-0.1, -0.05) is 34.6 Å². The molecule has 5 rings (SSSR count). The van der Waals surface area contributed by atoms with Crippen molar-refractivity contribution in [2.24, 2.45) is 45.3 Å². The van der Waals surface area contributed by atoms with Crippen LogP contribution < -0.4 is 0 Å². The number of rotatable bonds is 2. The number of hydrogen-bond acceptors (Lipinski definition) is 3. The van der Waals surface area contributed by atoms with E-state index in [2.05, 4.69) is 41.5 Å².